The molecule has 1 N–H and O–H groups in total. The Hall–Kier alpha value is -0.0800. The summed E-state index contributed by atoms with van der Waals surface area (Å²) >= 11 is 0. The minimum Gasteiger partial charge on any atom is -0.368 e. The minimum atomic E-state index is -0.624. The Morgan fingerprint density at radius 2 is 1.70 bits per heavy atom. The summed E-state index contributed by atoms with van der Waals surface area (Å²) in [4.78, 5) is 0. The van der Waals surface area contributed by atoms with Gasteiger partial charge in [-0.15, -0.1) is 0 Å². The molecule has 0 aliphatic heterocycles. The molecule has 0 fully saturated rings. The molecular weight excluding hydrogens is 128 g/mol. The Labute approximate surface area is 63.2 Å². The van der Waals surface area contributed by atoms with E-state index in [1.165, 1.54) is 0 Å². The van der Waals surface area contributed by atoms with Gasteiger partial charge in [-0.3, -0.25) is 0 Å². The lowest BCUT2D eigenvalue weighted by atomic mass is 9.99. The van der Waals surface area contributed by atoms with Crippen LogP contribution in [0.4, 0.5) is 0 Å². The second-order valence-corrected chi connectivity index (χ2v) is 3.15. The number of hydrogen-bond acceptors (Lipinski definition) is 2. The number of aliphatic hydroxyl groups excluding tert-OH is 1. The topological polar surface area (TPSA) is 29.5 Å². The van der Waals surface area contributed by atoms with Crippen LogP contribution in [-0.2, 0) is 4.74 Å². The molecule has 0 spiro atoms. The lowest BCUT2D eigenvalue weighted by molar-refractivity contribution is -0.0982. The van der Waals surface area contributed by atoms with Crippen molar-refractivity contribution in [3.05, 3.63) is 0 Å². The molecule has 0 rings (SSSR count). The summed E-state index contributed by atoms with van der Waals surface area (Å²) in [6.45, 7) is 8.70. The third-order valence-corrected chi connectivity index (χ3v) is 1.74. The van der Waals surface area contributed by atoms with E-state index < -0.39 is 6.29 Å². The average Bonchev–Trinajstić information content (AvgIpc) is 1.82. The molecular formula is C8H18O2. The summed E-state index contributed by atoms with van der Waals surface area (Å²) in [5, 5.41) is 8.76. The average molecular weight is 146 g/mol. The fourth-order valence-electron chi connectivity index (χ4n) is 0.483. The predicted molar refractivity (Wildman–Crippen MR) is 41.6 cm³/mol. The van der Waals surface area contributed by atoms with E-state index in [9.17, 15) is 0 Å². The third kappa shape index (κ3) is 4.77. The maximum absolute atomic E-state index is 8.76. The fraction of sp³-hybridized carbons (Fsp3) is 1.00. The first-order valence-corrected chi connectivity index (χ1v) is 3.83. The smallest absolute Gasteiger partial charge is 0.151 e. The van der Waals surface area contributed by atoms with Crippen LogP contribution in [0, 0.1) is 11.8 Å². The van der Waals surface area contributed by atoms with Crippen molar-refractivity contribution in [1.29, 1.82) is 0 Å². The Bertz CT molecular complexity index is 79.3. The summed E-state index contributed by atoms with van der Waals surface area (Å²) in [6.07, 6.45) is -0.624. The van der Waals surface area contributed by atoms with Crippen LogP contribution in [0.2, 0.25) is 0 Å². The third-order valence-electron chi connectivity index (χ3n) is 1.74. The molecule has 2 nitrogen and oxygen atoms in total. The van der Waals surface area contributed by atoms with E-state index >= 15 is 0 Å². The molecule has 2 heteroatoms. The Kier molecular flexibility index (Phi) is 4.65. The number of ether oxygens (including phenoxy) is 1. The van der Waals surface area contributed by atoms with Gasteiger partial charge in [-0.25, -0.2) is 0 Å². The second-order valence-electron chi connectivity index (χ2n) is 3.15. The van der Waals surface area contributed by atoms with E-state index in [1.54, 1.807) is 6.92 Å². The number of hydrogen-bond donors (Lipinski definition) is 1. The molecule has 0 bridgehead atoms. The van der Waals surface area contributed by atoms with Crippen molar-refractivity contribution < 1.29 is 9.84 Å². The van der Waals surface area contributed by atoms with E-state index in [0.717, 1.165) is 0 Å². The first kappa shape index (κ1) is 9.92. The van der Waals surface area contributed by atoms with Gasteiger partial charge in [0.2, 0.25) is 0 Å². The van der Waals surface area contributed by atoms with Crippen LogP contribution in [0.3, 0.4) is 0 Å². The van der Waals surface area contributed by atoms with Crippen molar-refractivity contribution >= 4 is 0 Å². The number of aliphatic hydroxyl groups is 1. The summed E-state index contributed by atoms with van der Waals surface area (Å²) in [5.74, 6) is 1.15. The normalized spacial score (nSPS) is 17.4. The highest BCUT2D eigenvalue weighted by molar-refractivity contribution is 4.54. The molecule has 0 aliphatic rings. The fourth-order valence-corrected chi connectivity index (χ4v) is 0.483. The van der Waals surface area contributed by atoms with E-state index in [1.807, 2.05) is 0 Å². The van der Waals surface area contributed by atoms with Gasteiger partial charge in [-0.1, -0.05) is 20.8 Å². The Balaban J connectivity index is 3.30. The highest BCUT2D eigenvalue weighted by Crippen LogP contribution is 2.09. The zero-order chi connectivity index (χ0) is 8.15. The molecule has 0 radical (unpaired) electrons. The zero-order valence-corrected chi connectivity index (χ0v) is 7.29. The van der Waals surface area contributed by atoms with E-state index in [-0.39, 0.29) is 0 Å². The molecule has 2 unspecified atom stereocenters. The molecule has 0 aromatic carbocycles. The molecule has 0 heterocycles. The Morgan fingerprint density at radius 3 is 2.00 bits per heavy atom. The van der Waals surface area contributed by atoms with E-state index in [0.29, 0.717) is 18.4 Å². The van der Waals surface area contributed by atoms with Gasteiger partial charge in [0.1, 0.15) is 0 Å². The van der Waals surface area contributed by atoms with Crippen LogP contribution >= 0.6 is 0 Å². The van der Waals surface area contributed by atoms with Crippen molar-refractivity contribution in [2.24, 2.45) is 11.8 Å². The molecule has 0 aliphatic carbocycles. The Morgan fingerprint density at radius 1 is 1.20 bits per heavy atom. The van der Waals surface area contributed by atoms with Gasteiger partial charge in [0.25, 0.3) is 0 Å². The lowest BCUT2D eigenvalue weighted by Crippen LogP contribution is -2.16. The van der Waals surface area contributed by atoms with Crippen LogP contribution in [0.5, 0.6) is 0 Å². The van der Waals surface area contributed by atoms with Crippen molar-refractivity contribution in [3.63, 3.8) is 0 Å². The monoisotopic (exact) mass is 146 g/mol. The maximum Gasteiger partial charge on any atom is 0.151 e. The van der Waals surface area contributed by atoms with Gasteiger partial charge in [-0.05, 0) is 18.8 Å². The van der Waals surface area contributed by atoms with Crippen LogP contribution < -0.4 is 0 Å². The van der Waals surface area contributed by atoms with Crippen molar-refractivity contribution in [2.45, 2.75) is 34.0 Å². The van der Waals surface area contributed by atoms with Crippen LogP contribution in [0.25, 0.3) is 0 Å². The first-order chi connectivity index (χ1) is 4.54. The van der Waals surface area contributed by atoms with Crippen molar-refractivity contribution in [2.75, 3.05) is 6.61 Å². The molecule has 10 heavy (non-hydrogen) atoms. The standard InChI is InChI=1S/C8H18O2/c1-6(2)7(3)5-10-8(4)9/h6-9H,5H2,1-4H3. The molecule has 0 saturated carbocycles. The van der Waals surface area contributed by atoms with E-state index in [4.69, 9.17) is 9.84 Å². The highest BCUT2D eigenvalue weighted by atomic mass is 16.6. The van der Waals surface area contributed by atoms with Gasteiger partial charge in [0.05, 0.1) is 6.61 Å². The quantitative estimate of drug-likeness (QED) is 0.611. The summed E-state index contributed by atoms with van der Waals surface area (Å²) in [6, 6.07) is 0. The molecule has 0 amide bonds. The minimum absolute atomic E-state index is 0.523. The SMILES string of the molecule is CC(O)OCC(C)C(C)C. The van der Waals surface area contributed by atoms with Gasteiger partial charge in [-0.2, -0.15) is 0 Å². The van der Waals surface area contributed by atoms with Gasteiger partial charge < -0.3 is 9.84 Å². The summed E-state index contributed by atoms with van der Waals surface area (Å²) < 4.78 is 5.02. The number of rotatable bonds is 4. The maximum atomic E-state index is 8.76. The second kappa shape index (κ2) is 4.69. The predicted octanol–water partition coefficient (Wildman–Crippen LogP) is 1.63. The summed E-state index contributed by atoms with van der Waals surface area (Å²) in [5.41, 5.74) is 0. The first-order valence-electron chi connectivity index (χ1n) is 3.83. The lowest BCUT2D eigenvalue weighted by Gasteiger charge is -2.16. The molecule has 2 atom stereocenters. The van der Waals surface area contributed by atoms with Gasteiger partial charge >= 0.3 is 0 Å². The van der Waals surface area contributed by atoms with Crippen LogP contribution in [0.15, 0.2) is 0 Å². The molecule has 0 aromatic rings. The van der Waals surface area contributed by atoms with Crippen LogP contribution in [0.1, 0.15) is 27.7 Å². The van der Waals surface area contributed by atoms with Gasteiger partial charge in [0, 0.05) is 0 Å². The zero-order valence-electron chi connectivity index (χ0n) is 7.29. The molecule has 0 aromatic heterocycles. The van der Waals surface area contributed by atoms with Gasteiger partial charge in [0.15, 0.2) is 6.29 Å². The van der Waals surface area contributed by atoms with E-state index in [2.05, 4.69) is 20.8 Å². The summed E-state index contributed by atoms with van der Waals surface area (Å²) in [7, 11) is 0. The highest BCUT2D eigenvalue weighted by Gasteiger charge is 2.07. The molecule has 62 valence electrons. The van der Waals surface area contributed by atoms with Crippen LogP contribution in [-0.4, -0.2) is 18.0 Å². The van der Waals surface area contributed by atoms with Crippen molar-refractivity contribution in [3.8, 4) is 0 Å². The molecule has 0 saturated heterocycles. The largest absolute Gasteiger partial charge is 0.368 e. The van der Waals surface area contributed by atoms with Crippen molar-refractivity contribution in [1.82, 2.24) is 0 Å².